The summed E-state index contributed by atoms with van der Waals surface area (Å²) in [6.07, 6.45) is 6.13. The number of hydrogen-bond acceptors (Lipinski definition) is 2. The molecule has 0 unspecified atom stereocenters. The van der Waals surface area contributed by atoms with Gasteiger partial charge in [-0.2, -0.15) is 0 Å². The minimum absolute atomic E-state index is 0.291. The molecule has 2 rings (SSSR count). The van der Waals surface area contributed by atoms with Gasteiger partial charge in [-0.15, -0.1) is 0 Å². The Kier molecular flexibility index (Phi) is 3.72. The molecule has 0 aliphatic heterocycles. The van der Waals surface area contributed by atoms with Crippen LogP contribution >= 0.6 is 11.6 Å². The molecule has 0 radical (unpaired) electrons. The van der Waals surface area contributed by atoms with E-state index < -0.39 is 0 Å². The fourth-order valence-electron chi connectivity index (χ4n) is 2.39. The highest BCUT2D eigenvalue weighted by Gasteiger charge is 2.19. The van der Waals surface area contributed by atoms with Crippen molar-refractivity contribution in [2.24, 2.45) is 5.73 Å². The molecule has 0 atom stereocenters. The summed E-state index contributed by atoms with van der Waals surface area (Å²) in [4.78, 5) is 0. The monoisotopic (exact) mass is 239 g/mol. The molecule has 0 spiro atoms. The Labute approximate surface area is 101 Å². The van der Waals surface area contributed by atoms with E-state index in [0.717, 1.165) is 49.7 Å². The number of aryl methyl sites for hydroxylation is 2. The average molecular weight is 240 g/mol. The van der Waals surface area contributed by atoms with Crippen LogP contribution in [0.1, 0.15) is 36.0 Å². The zero-order valence-corrected chi connectivity index (χ0v) is 10.2. The number of unbranched alkanes of at least 4 members (excludes halogenated alkanes) is 1. The second kappa shape index (κ2) is 5.07. The summed E-state index contributed by atoms with van der Waals surface area (Å²) >= 11 is 6.18. The van der Waals surface area contributed by atoms with Crippen LogP contribution in [0.15, 0.2) is 6.07 Å². The molecular formula is C13H18ClNO. The van der Waals surface area contributed by atoms with Crippen molar-refractivity contribution in [2.45, 2.75) is 38.5 Å². The minimum Gasteiger partial charge on any atom is -0.506 e. The number of hydrogen-bond donors (Lipinski definition) is 2. The van der Waals surface area contributed by atoms with Crippen LogP contribution in [0.5, 0.6) is 5.75 Å². The molecule has 0 heterocycles. The fraction of sp³-hybridized carbons (Fsp3) is 0.538. The normalized spacial score (nSPS) is 14.1. The number of benzene rings is 1. The van der Waals surface area contributed by atoms with Gasteiger partial charge in [-0.1, -0.05) is 17.7 Å². The highest BCUT2D eigenvalue weighted by Crippen LogP contribution is 2.38. The third-order valence-electron chi connectivity index (χ3n) is 3.29. The van der Waals surface area contributed by atoms with Crippen LogP contribution in [0.25, 0.3) is 0 Å². The van der Waals surface area contributed by atoms with Crippen molar-refractivity contribution >= 4 is 11.6 Å². The molecule has 1 aromatic rings. The van der Waals surface area contributed by atoms with Gasteiger partial charge in [0.2, 0.25) is 0 Å². The van der Waals surface area contributed by atoms with Gasteiger partial charge in [-0.05, 0) is 61.8 Å². The number of rotatable bonds is 4. The number of nitrogens with two attached hydrogens (primary N) is 1. The van der Waals surface area contributed by atoms with E-state index in [1.54, 1.807) is 0 Å². The van der Waals surface area contributed by atoms with E-state index in [9.17, 15) is 5.11 Å². The summed E-state index contributed by atoms with van der Waals surface area (Å²) in [6.45, 7) is 0.708. The van der Waals surface area contributed by atoms with Crippen LogP contribution < -0.4 is 5.73 Å². The van der Waals surface area contributed by atoms with E-state index in [1.165, 1.54) is 5.56 Å². The highest BCUT2D eigenvalue weighted by molar-refractivity contribution is 6.33. The molecule has 3 N–H and O–H groups in total. The fourth-order valence-corrected chi connectivity index (χ4v) is 2.73. The van der Waals surface area contributed by atoms with E-state index in [1.807, 2.05) is 0 Å². The van der Waals surface area contributed by atoms with Gasteiger partial charge in [0.15, 0.2) is 0 Å². The smallest absolute Gasteiger partial charge is 0.137 e. The zero-order chi connectivity index (χ0) is 11.5. The molecule has 3 heteroatoms. The Balaban J connectivity index is 2.22. The van der Waals surface area contributed by atoms with Crippen LogP contribution in [0.2, 0.25) is 5.02 Å². The van der Waals surface area contributed by atoms with E-state index in [4.69, 9.17) is 17.3 Å². The van der Waals surface area contributed by atoms with Crippen molar-refractivity contribution in [3.8, 4) is 5.75 Å². The lowest BCUT2D eigenvalue weighted by molar-refractivity contribution is 0.466. The van der Waals surface area contributed by atoms with Crippen molar-refractivity contribution in [3.63, 3.8) is 0 Å². The Morgan fingerprint density at radius 2 is 2.12 bits per heavy atom. The van der Waals surface area contributed by atoms with Gasteiger partial charge < -0.3 is 10.8 Å². The van der Waals surface area contributed by atoms with E-state index in [0.29, 0.717) is 17.3 Å². The lowest BCUT2D eigenvalue weighted by atomic mass is 10.0. The molecular weight excluding hydrogens is 222 g/mol. The summed E-state index contributed by atoms with van der Waals surface area (Å²) in [7, 11) is 0. The van der Waals surface area contributed by atoms with E-state index in [2.05, 4.69) is 6.07 Å². The van der Waals surface area contributed by atoms with Crippen LogP contribution in [-0.2, 0) is 19.3 Å². The first-order valence-electron chi connectivity index (χ1n) is 5.96. The molecule has 0 amide bonds. The van der Waals surface area contributed by atoms with Gasteiger partial charge in [0.05, 0.1) is 5.02 Å². The van der Waals surface area contributed by atoms with Crippen LogP contribution in [-0.4, -0.2) is 11.7 Å². The Morgan fingerprint density at radius 1 is 1.31 bits per heavy atom. The molecule has 1 aromatic carbocycles. The number of halogens is 1. The molecule has 16 heavy (non-hydrogen) atoms. The summed E-state index contributed by atoms with van der Waals surface area (Å²) in [5.41, 5.74) is 8.93. The molecule has 0 fully saturated rings. The zero-order valence-electron chi connectivity index (χ0n) is 9.43. The first-order valence-corrected chi connectivity index (χ1v) is 6.34. The van der Waals surface area contributed by atoms with Crippen LogP contribution in [0.3, 0.4) is 0 Å². The quantitative estimate of drug-likeness (QED) is 0.794. The largest absolute Gasteiger partial charge is 0.506 e. The Bertz CT molecular complexity index is 390. The maximum atomic E-state index is 10.00. The van der Waals surface area contributed by atoms with Gasteiger partial charge in [0.25, 0.3) is 0 Å². The Hall–Kier alpha value is -0.730. The lowest BCUT2D eigenvalue weighted by Crippen LogP contribution is -2.00. The molecule has 1 aliphatic rings. The number of fused-ring (bicyclic) bond motifs is 1. The SMILES string of the molecule is NCCCCc1cc2c(c(Cl)c1O)CCC2. The molecule has 2 nitrogen and oxygen atoms in total. The first kappa shape index (κ1) is 11.7. The maximum Gasteiger partial charge on any atom is 0.137 e. The predicted molar refractivity (Wildman–Crippen MR) is 67.1 cm³/mol. The van der Waals surface area contributed by atoms with E-state index >= 15 is 0 Å². The van der Waals surface area contributed by atoms with Crippen LogP contribution in [0.4, 0.5) is 0 Å². The summed E-state index contributed by atoms with van der Waals surface area (Å²) in [6, 6.07) is 2.13. The van der Waals surface area contributed by atoms with Crippen molar-refractivity contribution in [2.75, 3.05) is 6.54 Å². The number of aromatic hydroxyl groups is 1. The van der Waals surface area contributed by atoms with Gasteiger partial charge >= 0.3 is 0 Å². The predicted octanol–water partition coefficient (Wildman–Crippen LogP) is 2.82. The molecule has 1 aliphatic carbocycles. The standard InChI is InChI=1S/C13H18ClNO/c14-12-11-6-3-5-9(11)8-10(13(12)16)4-1-2-7-15/h8,16H,1-7,15H2. The van der Waals surface area contributed by atoms with Gasteiger partial charge in [0.1, 0.15) is 5.75 Å². The molecule has 0 saturated heterocycles. The topological polar surface area (TPSA) is 46.2 Å². The van der Waals surface area contributed by atoms with Gasteiger partial charge in [0, 0.05) is 0 Å². The van der Waals surface area contributed by atoms with Crippen molar-refractivity contribution in [1.82, 2.24) is 0 Å². The second-order valence-electron chi connectivity index (χ2n) is 4.44. The minimum atomic E-state index is 0.291. The molecule has 0 saturated carbocycles. The van der Waals surface area contributed by atoms with Gasteiger partial charge in [-0.3, -0.25) is 0 Å². The van der Waals surface area contributed by atoms with Crippen molar-refractivity contribution in [1.29, 1.82) is 0 Å². The highest BCUT2D eigenvalue weighted by atomic mass is 35.5. The Morgan fingerprint density at radius 3 is 2.88 bits per heavy atom. The number of phenolic OH excluding ortho intramolecular Hbond substituents is 1. The van der Waals surface area contributed by atoms with Crippen molar-refractivity contribution < 1.29 is 5.11 Å². The summed E-state index contributed by atoms with van der Waals surface area (Å²) < 4.78 is 0. The van der Waals surface area contributed by atoms with Crippen LogP contribution in [0, 0.1) is 0 Å². The van der Waals surface area contributed by atoms with E-state index in [-0.39, 0.29) is 0 Å². The lowest BCUT2D eigenvalue weighted by Gasteiger charge is -2.10. The summed E-state index contributed by atoms with van der Waals surface area (Å²) in [5.74, 6) is 0.291. The second-order valence-corrected chi connectivity index (χ2v) is 4.81. The maximum absolute atomic E-state index is 10.00. The third-order valence-corrected chi connectivity index (χ3v) is 3.69. The molecule has 0 bridgehead atoms. The third kappa shape index (κ3) is 2.18. The number of phenols is 1. The van der Waals surface area contributed by atoms with Gasteiger partial charge in [-0.25, -0.2) is 0 Å². The molecule has 88 valence electrons. The molecule has 0 aromatic heterocycles. The summed E-state index contributed by atoms with van der Waals surface area (Å²) in [5, 5.41) is 10.6. The van der Waals surface area contributed by atoms with Crippen molar-refractivity contribution in [3.05, 3.63) is 27.8 Å². The average Bonchev–Trinajstić information content (AvgIpc) is 2.73. The first-order chi connectivity index (χ1) is 7.74.